The van der Waals surface area contributed by atoms with E-state index in [9.17, 15) is 13.2 Å². The Hall–Kier alpha value is -2.54. The van der Waals surface area contributed by atoms with Gasteiger partial charge < -0.3 is 10.1 Å². The van der Waals surface area contributed by atoms with Gasteiger partial charge in [-0.1, -0.05) is 19.1 Å². The zero-order chi connectivity index (χ0) is 17.7. The number of rotatable bonds is 6. The summed E-state index contributed by atoms with van der Waals surface area (Å²) in [6.07, 6.45) is 0.834. The Morgan fingerprint density at radius 2 is 1.79 bits per heavy atom. The van der Waals surface area contributed by atoms with E-state index in [0.29, 0.717) is 11.4 Å². The highest BCUT2D eigenvalue weighted by Gasteiger charge is 2.17. The van der Waals surface area contributed by atoms with Crippen LogP contribution in [0.3, 0.4) is 0 Å². The summed E-state index contributed by atoms with van der Waals surface area (Å²) in [6.45, 7) is 3.38. The molecule has 2 N–H and O–H groups in total. The molecule has 0 spiro atoms. The first kappa shape index (κ1) is 17.8. The number of hydrogen-bond donors (Lipinski definition) is 2. The zero-order valence-electron chi connectivity index (χ0n) is 13.8. The van der Waals surface area contributed by atoms with Crippen molar-refractivity contribution in [2.45, 2.75) is 25.2 Å². The van der Waals surface area contributed by atoms with Crippen molar-refractivity contribution in [3.8, 4) is 5.75 Å². The minimum atomic E-state index is -3.76. The highest BCUT2D eigenvalue weighted by molar-refractivity contribution is 7.92. The number of carbonyl (C=O) groups is 1. The molecule has 1 amide bonds. The van der Waals surface area contributed by atoms with Crippen LogP contribution < -0.4 is 14.8 Å². The average Bonchev–Trinajstić information content (AvgIpc) is 2.54. The van der Waals surface area contributed by atoms with Crippen LogP contribution in [0, 0.1) is 0 Å². The zero-order valence-corrected chi connectivity index (χ0v) is 14.6. The molecule has 0 atom stereocenters. The molecular weight excluding hydrogens is 328 g/mol. The Morgan fingerprint density at radius 1 is 1.12 bits per heavy atom. The van der Waals surface area contributed by atoms with Crippen molar-refractivity contribution in [2.75, 3.05) is 17.1 Å². The van der Waals surface area contributed by atoms with Gasteiger partial charge in [0.25, 0.3) is 10.0 Å². The van der Waals surface area contributed by atoms with Gasteiger partial charge in [-0.3, -0.25) is 9.52 Å². The third-order valence-electron chi connectivity index (χ3n) is 3.41. The molecule has 0 aliphatic rings. The second kappa shape index (κ2) is 7.35. The first-order chi connectivity index (χ1) is 11.4. The van der Waals surface area contributed by atoms with E-state index >= 15 is 0 Å². The number of hydrogen-bond acceptors (Lipinski definition) is 4. The Labute approximate surface area is 141 Å². The van der Waals surface area contributed by atoms with Crippen LogP contribution in [-0.4, -0.2) is 21.4 Å². The summed E-state index contributed by atoms with van der Waals surface area (Å²) in [5.74, 6) is 0.113. The van der Waals surface area contributed by atoms with E-state index in [1.54, 1.807) is 36.4 Å². The first-order valence-corrected chi connectivity index (χ1v) is 8.91. The highest BCUT2D eigenvalue weighted by Crippen LogP contribution is 2.30. The van der Waals surface area contributed by atoms with Crippen molar-refractivity contribution in [1.82, 2.24) is 0 Å². The number of sulfonamides is 1. The van der Waals surface area contributed by atoms with E-state index in [1.807, 2.05) is 6.92 Å². The maximum absolute atomic E-state index is 12.5. The summed E-state index contributed by atoms with van der Waals surface area (Å²) >= 11 is 0. The fraction of sp³-hybridized carbons (Fsp3) is 0.235. The second-order valence-corrected chi connectivity index (χ2v) is 6.88. The number of aryl methyl sites for hydroxylation is 1. The summed E-state index contributed by atoms with van der Waals surface area (Å²) in [5, 5.41) is 2.61. The normalized spacial score (nSPS) is 11.0. The van der Waals surface area contributed by atoms with Gasteiger partial charge in [-0.2, -0.15) is 0 Å². The van der Waals surface area contributed by atoms with Gasteiger partial charge in [-0.15, -0.1) is 0 Å². The molecule has 2 aromatic rings. The topological polar surface area (TPSA) is 84.5 Å². The minimum Gasteiger partial charge on any atom is -0.495 e. The summed E-state index contributed by atoms with van der Waals surface area (Å²) in [6, 6.07) is 11.4. The quantitative estimate of drug-likeness (QED) is 0.840. The van der Waals surface area contributed by atoms with Gasteiger partial charge in [0.1, 0.15) is 5.75 Å². The smallest absolute Gasteiger partial charge is 0.262 e. The van der Waals surface area contributed by atoms with Crippen LogP contribution in [0.25, 0.3) is 0 Å². The Bertz CT molecular complexity index is 830. The SMILES string of the molecule is CCc1ccc(S(=O)(=O)Nc2cc(NC(C)=O)ccc2OC)cc1. The predicted octanol–water partition coefficient (Wildman–Crippen LogP) is 3.02. The lowest BCUT2D eigenvalue weighted by Crippen LogP contribution is -2.14. The van der Waals surface area contributed by atoms with Gasteiger partial charge in [0.15, 0.2) is 0 Å². The molecule has 128 valence electrons. The molecule has 24 heavy (non-hydrogen) atoms. The van der Waals surface area contributed by atoms with Crippen LogP contribution >= 0.6 is 0 Å². The van der Waals surface area contributed by atoms with Gasteiger partial charge in [0, 0.05) is 12.6 Å². The van der Waals surface area contributed by atoms with Crippen LogP contribution in [0.4, 0.5) is 11.4 Å². The van der Waals surface area contributed by atoms with E-state index in [1.165, 1.54) is 20.1 Å². The van der Waals surface area contributed by atoms with E-state index in [0.717, 1.165) is 12.0 Å². The van der Waals surface area contributed by atoms with Crippen LogP contribution in [0.15, 0.2) is 47.4 Å². The molecular formula is C17H20N2O4S. The Morgan fingerprint density at radius 3 is 2.33 bits per heavy atom. The monoisotopic (exact) mass is 348 g/mol. The van der Waals surface area contributed by atoms with E-state index in [4.69, 9.17) is 4.74 Å². The van der Waals surface area contributed by atoms with Crippen LogP contribution in [0.1, 0.15) is 19.4 Å². The Kier molecular flexibility index (Phi) is 5.46. The third-order valence-corrected chi connectivity index (χ3v) is 4.79. The number of amides is 1. The van der Waals surface area contributed by atoms with Crippen molar-refractivity contribution in [1.29, 1.82) is 0 Å². The van der Waals surface area contributed by atoms with Crippen molar-refractivity contribution in [3.63, 3.8) is 0 Å². The summed E-state index contributed by atoms with van der Waals surface area (Å²) in [5.41, 5.74) is 1.78. The minimum absolute atomic E-state index is 0.159. The van der Waals surface area contributed by atoms with Gasteiger partial charge in [-0.25, -0.2) is 8.42 Å². The summed E-state index contributed by atoms with van der Waals surface area (Å²) in [4.78, 5) is 11.3. The van der Waals surface area contributed by atoms with Crippen molar-refractivity contribution in [2.24, 2.45) is 0 Å². The molecule has 2 rings (SSSR count). The van der Waals surface area contributed by atoms with E-state index < -0.39 is 10.0 Å². The second-order valence-electron chi connectivity index (χ2n) is 5.20. The van der Waals surface area contributed by atoms with Crippen molar-refractivity contribution in [3.05, 3.63) is 48.0 Å². The predicted molar refractivity (Wildman–Crippen MR) is 93.9 cm³/mol. The number of benzene rings is 2. The Balaban J connectivity index is 2.34. The van der Waals surface area contributed by atoms with Gasteiger partial charge in [0.05, 0.1) is 17.7 Å². The van der Waals surface area contributed by atoms with Gasteiger partial charge in [-0.05, 0) is 42.3 Å². The molecule has 0 fully saturated rings. The molecule has 0 bridgehead atoms. The largest absolute Gasteiger partial charge is 0.495 e. The molecule has 0 radical (unpaired) electrons. The standard InChI is InChI=1S/C17H20N2O4S/c1-4-13-5-8-15(9-6-13)24(21,22)19-16-11-14(18-12(2)20)7-10-17(16)23-3/h5-11,19H,4H2,1-3H3,(H,18,20). The molecule has 0 aliphatic heterocycles. The lowest BCUT2D eigenvalue weighted by atomic mass is 10.2. The summed E-state index contributed by atoms with van der Waals surface area (Å²) < 4.78 is 32.8. The fourth-order valence-electron chi connectivity index (χ4n) is 2.18. The average molecular weight is 348 g/mol. The van der Waals surface area contributed by atoms with Gasteiger partial charge >= 0.3 is 0 Å². The maximum Gasteiger partial charge on any atom is 0.262 e. The molecule has 0 heterocycles. The molecule has 0 aromatic heterocycles. The lowest BCUT2D eigenvalue weighted by molar-refractivity contribution is -0.114. The molecule has 7 heteroatoms. The molecule has 6 nitrogen and oxygen atoms in total. The number of nitrogens with one attached hydrogen (secondary N) is 2. The van der Waals surface area contributed by atoms with Crippen LogP contribution in [0.5, 0.6) is 5.75 Å². The van der Waals surface area contributed by atoms with Crippen molar-refractivity contribution < 1.29 is 17.9 Å². The van der Waals surface area contributed by atoms with Gasteiger partial charge in [0.2, 0.25) is 5.91 Å². The number of carbonyl (C=O) groups excluding carboxylic acids is 1. The van der Waals surface area contributed by atoms with Crippen LogP contribution in [-0.2, 0) is 21.2 Å². The number of methoxy groups -OCH3 is 1. The fourth-order valence-corrected chi connectivity index (χ4v) is 3.24. The third kappa shape index (κ3) is 4.26. The highest BCUT2D eigenvalue weighted by atomic mass is 32.2. The van der Waals surface area contributed by atoms with Crippen molar-refractivity contribution >= 4 is 27.3 Å². The molecule has 0 saturated carbocycles. The summed E-state index contributed by atoms with van der Waals surface area (Å²) in [7, 11) is -2.31. The molecule has 0 unspecified atom stereocenters. The molecule has 0 saturated heterocycles. The first-order valence-electron chi connectivity index (χ1n) is 7.43. The van der Waals surface area contributed by atoms with E-state index in [2.05, 4.69) is 10.0 Å². The molecule has 0 aliphatic carbocycles. The number of ether oxygens (including phenoxy) is 1. The van der Waals surface area contributed by atoms with E-state index in [-0.39, 0.29) is 16.5 Å². The lowest BCUT2D eigenvalue weighted by Gasteiger charge is -2.14. The van der Waals surface area contributed by atoms with Crippen LogP contribution in [0.2, 0.25) is 0 Å². The molecule has 2 aromatic carbocycles. The number of anilines is 2. The maximum atomic E-state index is 12.5.